The third kappa shape index (κ3) is 4.04. The lowest BCUT2D eigenvalue weighted by molar-refractivity contribution is 0.585. The van der Waals surface area contributed by atoms with Gasteiger partial charge in [0.25, 0.3) is 0 Å². The standard InChI is InChI=1S/C13H19N5S/c1-9(2)14-6-11-7-15-13(16-8-11)19-12-5-10(3)17-18(12)4/h5,7-9,14H,6H2,1-4H3. The van der Waals surface area contributed by atoms with Gasteiger partial charge < -0.3 is 5.32 Å². The van der Waals surface area contributed by atoms with Gasteiger partial charge in [0.05, 0.1) is 5.69 Å². The molecule has 0 fully saturated rings. The summed E-state index contributed by atoms with van der Waals surface area (Å²) >= 11 is 1.53. The first-order chi connectivity index (χ1) is 9.04. The number of nitrogens with zero attached hydrogens (tertiary/aromatic N) is 4. The highest BCUT2D eigenvalue weighted by atomic mass is 32.2. The second-order valence-corrected chi connectivity index (χ2v) is 5.75. The summed E-state index contributed by atoms with van der Waals surface area (Å²) in [6.45, 7) is 7.02. The molecule has 0 aliphatic rings. The van der Waals surface area contributed by atoms with Crippen LogP contribution in [0.2, 0.25) is 0 Å². The first-order valence-electron chi connectivity index (χ1n) is 6.27. The monoisotopic (exact) mass is 277 g/mol. The second kappa shape index (κ2) is 6.16. The fourth-order valence-electron chi connectivity index (χ4n) is 1.58. The minimum Gasteiger partial charge on any atom is -0.310 e. The zero-order valence-electron chi connectivity index (χ0n) is 11.7. The maximum absolute atomic E-state index is 4.37. The molecule has 102 valence electrons. The van der Waals surface area contributed by atoms with E-state index in [1.165, 1.54) is 11.8 Å². The van der Waals surface area contributed by atoms with E-state index in [1.54, 1.807) is 0 Å². The summed E-state index contributed by atoms with van der Waals surface area (Å²) in [5, 5.41) is 9.44. The second-order valence-electron chi connectivity index (χ2n) is 4.76. The Bertz CT molecular complexity index is 532. The first kappa shape index (κ1) is 14.0. The average molecular weight is 277 g/mol. The van der Waals surface area contributed by atoms with Crippen molar-refractivity contribution in [3.05, 3.63) is 29.7 Å². The summed E-state index contributed by atoms with van der Waals surface area (Å²) < 4.78 is 1.84. The number of rotatable bonds is 5. The summed E-state index contributed by atoms with van der Waals surface area (Å²) in [6, 6.07) is 2.49. The smallest absolute Gasteiger partial charge is 0.193 e. The topological polar surface area (TPSA) is 55.6 Å². The van der Waals surface area contributed by atoms with Crippen LogP contribution in [0.5, 0.6) is 0 Å². The molecule has 2 rings (SSSR count). The SMILES string of the molecule is Cc1cc(Sc2ncc(CNC(C)C)cn2)n(C)n1. The molecule has 0 amide bonds. The van der Waals surface area contributed by atoms with Crippen LogP contribution < -0.4 is 5.32 Å². The van der Waals surface area contributed by atoms with Gasteiger partial charge in [-0.1, -0.05) is 13.8 Å². The molecule has 0 saturated carbocycles. The van der Waals surface area contributed by atoms with E-state index in [0.717, 1.165) is 28.0 Å². The molecule has 5 nitrogen and oxygen atoms in total. The molecule has 0 bridgehead atoms. The van der Waals surface area contributed by atoms with Gasteiger partial charge in [0, 0.05) is 37.6 Å². The van der Waals surface area contributed by atoms with Crippen LogP contribution in [0, 0.1) is 6.92 Å². The first-order valence-corrected chi connectivity index (χ1v) is 7.09. The van der Waals surface area contributed by atoms with E-state index in [9.17, 15) is 0 Å². The van der Waals surface area contributed by atoms with Crippen molar-refractivity contribution in [2.24, 2.45) is 7.05 Å². The Morgan fingerprint density at radius 2 is 2.00 bits per heavy atom. The Morgan fingerprint density at radius 1 is 1.32 bits per heavy atom. The van der Waals surface area contributed by atoms with Crippen LogP contribution in [-0.4, -0.2) is 25.8 Å². The van der Waals surface area contributed by atoms with E-state index in [0.29, 0.717) is 6.04 Å². The van der Waals surface area contributed by atoms with E-state index < -0.39 is 0 Å². The quantitative estimate of drug-likeness (QED) is 0.849. The molecule has 0 aliphatic heterocycles. The summed E-state index contributed by atoms with van der Waals surface area (Å²) in [6.07, 6.45) is 3.74. The molecule has 0 aromatic carbocycles. The van der Waals surface area contributed by atoms with Gasteiger partial charge in [-0.15, -0.1) is 0 Å². The number of aromatic nitrogens is 4. The van der Waals surface area contributed by atoms with Gasteiger partial charge in [-0.2, -0.15) is 5.10 Å². The molecule has 2 aromatic heterocycles. The Balaban J connectivity index is 2.00. The summed E-state index contributed by atoms with van der Waals surface area (Å²) in [4.78, 5) is 8.75. The zero-order chi connectivity index (χ0) is 13.8. The highest BCUT2D eigenvalue weighted by Gasteiger charge is 2.06. The number of hydrogen-bond donors (Lipinski definition) is 1. The molecule has 0 unspecified atom stereocenters. The summed E-state index contributed by atoms with van der Waals surface area (Å²) in [5.41, 5.74) is 2.10. The maximum Gasteiger partial charge on any atom is 0.193 e. The van der Waals surface area contributed by atoms with Gasteiger partial charge in [-0.25, -0.2) is 9.97 Å². The van der Waals surface area contributed by atoms with E-state index in [2.05, 4.69) is 34.2 Å². The van der Waals surface area contributed by atoms with Crippen LogP contribution in [0.15, 0.2) is 28.6 Å². The molecule has 6 heteroatoms. The number of hydrogen-bond acceptors (Lipinski definition) is 5. The van der Waals surface area contributed by atoms with Crippen LogP contribution >= 0.6 is 11.8 Å². The predicted octanol–water partition coefficient (Wildman–Crippen LogP) is 2.17. The van der Waals surface area contributed by atoms with Crippen molar-refractivity contribution in [3.63, 3.8) is 0 Å². The molecular formula is C13H19N5S. The normalized spacial score (nSPS) is 11.2. The zero-order valence-corrected chi connectivity index (χ0v) is 12.5. The molecule has 1 N–H and O–H groups in total. The maximum atomic E-state index is 4.37. The third-order valence-electron chi connectivity index (χ3n) is 2.55. The molecule has 2 aromatic rings. The van der Waals surface area contributed by atoms with Crippen LogP contribution in [0.3, 0.4) is 0 Å². The Labute approximate surface area is 117 Å². The van der Waals surface area contributed by atoms with Crippen LogP contribution in [-0.2, 0) is 13.6 Å². The highest BCUT2D eigenvalue weighted by Crippen LogP contribution is 2.24. The molecule has 0 aliphatic carbocycles. The lowest BCUT2D eigenvalue weighted by Crippen LogP contribution is -2.21. The Hall–Kier alpha value is -1.40. The van der Waals surface area contributed by atoms with Crippen LogP contribution in [0.4, 0.5) is 0 Å². The van der Waals surface area contributed by atoms with Crippen LogP contribution in [0.25, 0.3) is 0 Å². The van der Waals surface area contributed by atoms with E-state index in [-0.39, 0.29) is 0 Å². The van der Waals surface area contributed by atoms with Gasteiger partial charge in [0.1, 0.15) is 5.03 Å². The lowest BCUT2D eigenvalue weighted by atomic mass is 10.3. The fourth-order valence-corrected chi connectivity index (χ4v) is 2.39. The van der Waals surface area contributed by atoms with Crippen molar-refractivity contribution in [2.45, 2.75) is 43.5 Å². The van der Waals surface area contributed by atoms with Crippen molar-refractivity contribution in [1.82, 2.24) is 25.1 Å². The van der Waals surface area contributed by atoms with Gasteiger partial charge in [-0.05, 0) is 24.8 Å². The third-order valence-corrected chi connectivity index (χ3v) is 3.54. The molecule has 0 saturated heterocycles. The minimum absolute atomic E-state index is 0.464. The summed E-state index contributed by atoms with van der Waals surface area (Å²) in [5.74, 6) is 0. The number of aryl methyl sites for hydroxylation is 2. The molecule has 0 atom stereocenters. The molecular weight excluding hydrogens is 258 g/mol. The van der Waals surface area contributed by atoms with E-state index in [1.807, 2.05) is 37.1 Å². The molecule has 0 radical (unpaired) electrons. The van der Waals surface area contributed by atoms with Crippen LogP contribution in [0.1, 0.15) is 25.1 Å². The Morgan fingerprint density at radius 3 is 2.53 bits per heavy atom. The average Bonchev–Trinajstić information content (AvgIpc) is 2.67. The van der Waals surface area contributed by atoms with Crippen molar-refractivity contribution in [2.75, 3.05) is 0 Å². The largest absolute Gasteiger partial charge is 0.310 e. The van der Waals surface area contributed by atoms with Gasteiger partial charge in [0.2, 0.25) is 0 Å². The molecule has 0 spiro atoms. The number of nitrogens with one attached hydrogen (secondary N) is 1. The van der Waals surface area contributed by atoms with Crippen molar-refractivity contribution >= 4 is 11.8 Å². The van der Waals surface area contributed by atoms with Gasteiger partial charge in [0.15, 0.2) is 5.16 Å². The van der Waals surface area contributed by atoms with Crippen molar-refractivity contribution in [1.29, 1.82) is 0 Å². The van der Waals surface area contributed by atoms with Gasteiger partial charge in [-0.3, -0.25) is 4.68 Å². The van der Waals surface area contributed by atoms with E-state index in [4.69, 9.17) is 0 Å². The molecule has 19 heavy (non-hydrogen) atoms. The lowest BCUT2D eigenvalue weighted by Gasteiger charge is -2.07. The van der Waals surface area contributed by atoms with Gasteiger partial charge >= 0.3 is 0 Å². The Kier molecular flexibility index (Phi) is 4.55. The van der Waals surface area contributed by atoms with Crippen molar-refractivity contribution < 1.29 is 0 Å². The highest BCUT2D eigenvalue weighted by molar-refractivity contribution is 7.99. The van der Waals surface area contributed by atoms with Crippen molar-refractivity contribution in [3.8, 4) is 0 Å². The summed E-state index contributed by atoms with van der Waals surface area (Å²) in [7, 11) is 1.93. The fraction of sp³-hybridized carbons (Fsp3) is 0.462. The predicted molar refractivity (Wildman–Crippen MR) is 76.1 cm³/mol. The minimum atomic E-state index is 0.464. The molecule has 2 heterocycles. The van der Waals surface area contributed by atoms with E-state index >= 15 is 0 Å².